The highest BCUT2D eigenvalue weighted by Gasteiger charge is 2.33. The fourth-order valence-electron chi connectivity index (χ4n) is 2.19. The Morgan fingerprint density at radius 1 is 1.10 bits per heavy atom. The SMILES string of the molecule is CC1(c2ccc(Br)cc2)NN=C(Cc2ccccc2)S1. The van der Waals surface area contributed by atoms with Gasteiger partial charge >= 0.3 is 0 Å². The number of hydrogen-bond donors (Lipinski definition) is 1. The monoisotopic (exact) mass is 346 g/mol. The molecule has 1 aliphatic rings. The Hall–Kier alpha value is -1.26. The van der Waals surface area contributed by atoms with E-state index >= 15 is 0 Å². The average molecular weight is 347 g/mol. The fourth-order valence-corrected chi connectivity index (χ4v) is 3.60. The topological polar surface area (TPSA) is 24.4 Å². The molecular weight excluding hydrogens is 332 g/mol. The molecule has 0 saturated heterocycles. The highest BCUT2D eigenvalue weighted by molar-refractivity contribution is 9.10. The molecule has 102 valence electrons. The van der Waals surface area contributed by atoms with Gasteiger partial charge in [0.25, 0.3) is 0 Å². The zero-order valence-electron chi connectivity index (χ0n) is 11.1. The van der Waals surface area contributed by atoms with Crippen LogP contribution in [0.25, 0.3) is 0 Å². The molecule has 20 heavy (non-hydrogen) atoms. The van der Waals surface area contributed by atoms with Crippen molar-refractivity contribution in [2.45, 2.75) is 18.2 Å². The van der Waals surface area contributed by atoms with E-state index < -0.39 is 0 Å². The zero-order chi connectivity index (χ0) is 14.0. The molecule has 4 heteroatoms. The summed E-state index contributed by atoms with van der Waals surface area (Å²) in [5, 5.41) is 5.63. The van der Waals surface area contributed by atoms with Gasteiger partial charge in [0.05, 0.1) is 0 Å². The summed E-state index contributed by atoms with van der Waals surface area (Å²) in [5.74, 6) is 0. The lowest BCUT2D eigenvalue weighted by atomic mass is 10.1. The molecule has 1 aliphatic heterocycles. The molecule has 1 N–H and O–H groups in total. The van der Waals surface area contributed by atoms with Crippen LogP contribution in [0, 0.1) is 0 Å². The summed E-state index contributed by atoms with van der Waals surface area (Å²) in [7, 11) is 0. The first-order valence-corrected chi connectivity index (χ1v) is 8.09. The van der Waals surface area contributed by atoms with Gasteiger partial charge in [-0.1, -0.05) is 70.2 Å². The van der Waals surface area contributed by atoms with Gasteiger partial charge in [-0.3, -0.25) is 5.43 Å². The molecule has 2 nitrogen and oxygen atoms in total. The second-order valence-electron chi connectivity index (χ2n) is 4.92. The predicted octanol–water partition coefficient (Wildman–Crippen LogP) is 4.51. The molecule has 1 unspecified atom stereocenters. The van der Waals surface area contributed by atoms with Gasteiger partial charge in [-0.25, -0.2) is 0 Å². The summed E-state index contributed by atoms with van der Waals surface area (Å²) in [6.07, 6.45) is 0.880. The highest BCUT2D eigenvalue weighted by Crippen LogP contribution is 2.39. The fraction of sp³-hybridized carbons (Fsp3) is 0.188. The molecule has 0 aliphatic carbocycles. The standard InChI is InChI=1S/C16H15BrN2S/c1-16(13-7-9-14(17)10-8-13)19-18-15(20-16)11-12-5-3-2-4-6-12/h2-10,19H,11H2,1H3. The Kier molecular flexibility index (Phi) is 3.85. The van der Waals surface area contributed by atoms with Gasteiger partial charge in [-0.2, -0.15) is 5.10 Å². The van der Waals surface area contributed by atoms with Gasteiger partial charge in [0, 0.05) is 10.9 Å². The van der Waals surface area contributed by atoms with Crippen molar-refractivity contribution in [2.24, 2.45) is 5.10 Å². The van der Waals surface area contributed by atoms with E-state index in [0.717, 1.165) is 15.9 Å². The van der Waals surface area contributed by atoms with Crippen LogP contribution >= 0.6 is 27.7 Å². The minimum Gasteiger partial charge on any atom is -0.289 e. The summed E-state index contributed by atoms with van der Waals surface area (Å²) in [4.78, 5) is -0.176. The molecule has 0 radical (unpaired) electrons. The molecule has 0 amide bonds. The van der Waals surface area contributed by atoms with Crippen molar-refractivity contribution in [3.63, 3.8) is 0 Å². The number of rotatable bonds is 3. The molecule has 0 spiro atoms. The van der Waals surface area contributed by atoms with E-state index in [2.05, 4.69) is 81.9 Å². The third-order valence-corrected chi connectivity index (χ3v) is 5.04. The molecule has 0 bridgehead atoms. The maximum absolute atomic E-state index is 4.50. The van der Waals surface area contributed by atoms with Gasteiger partial charge in [0.15, 0.2) is 0 Å². The van der Waals surface area contributed by atoms with Crippen molar-refractivity contribution in [3.8, 4) is 0 Å². The van der Waals surface area contributed by atoms with Crippen LogP contribution in [0.15, 0.2) is 64.2 Å². The van der Waals surface area contributed by atoms with Crippen molar-refractivity contribution in [1.29, 1.82) is 0 Å². The lowest BCUT2D eigenvalue weighted by Gasteiger charge is -2.23. The molecule has 3 rings (SSSR count). The number of hydrazone groups is 1. The minimum atomic E-state index is -0.176. The van der Waals surface area contributed by atoms with Gasteiger partial charge < -0.3 is 0 Å². The highest BCUT2D eigenvalue weighted by atomic mass is 79.9. The van der Waals surface area contributed by atoms with E-state index in [9.17, 15) is 0 Å². The normalized spacial score (nSPS) is 21.4. The van der Waals surface area contributed by atoms with Crippen molar-refractivity contribution >= 4 is 32.7 Å². The first kappa shape index (κ1) is 13.7. The Morgan fingerprint density at radius 2 is 1.80 bits per heavy atom. The van der Waals surface area contributed by atoms with Gasteiger partial charge in [0.2, 0.25) is 0 Å². The quantitative estimate of drug-likeness (QED) is 0.883. The largest absolute Gasteiger partial charge is 0.289 e. The maximum atomic E-state index is 4.50. The smallest absolute Gasteiger partial charge is 0.128 e. The first-order valence-electron chi connectivity index (χ1n) is 6.48. The van der Waals surface area contributed by atoms with Gasteiger partial charge in [-0.05, 0) is 30.2 Å². The Labute approximate surface area is 131 Å². The lowest BCUT2D eigenvalue weighted by Crippen LogP contribution is -2.28. The molecular formula is C16H15BrN2S. The van der Waals surface area contributed by atoms with E-state index in [1.165, 1.54) is 11.1 Å². The van der Waals surface area contributed by atoms with Crippen LogP contribution in [0.1, 0.15) is 18.1 Å². The molecule has 2 aromatic rings. The number of benzene rings is 2. The molecule has 0 saturated carbocycles. The lowest BCUT2D eigenvalue weighted by molar-refractivity contribution is 0.562. The molecule has 1 atom stereocenters. The van der Waals surface area contributed by atoms with Crippen molar-refractivity contribution in [2.75, 3.05) is 0 Å². The number of nitrogens with zero attached hydrogens (tertiary/aromatic N) is 1. The van der Waals surface area contributed by atoms with Gasteiger partial charge in [-0.15, -0.1) is 0 Å². The Balaban J connectivity index is 1.73. The number of nitrogens with one attached hydrogen (secondary N) is 1. The molecule has 0 fully saturated rings. The molecule has 1 heterocycles. The van der Waals surface area contributed by atoms with E-state index in [-0.39, 0.29) is 4.87 Å². The van der Waals surface area contributed by atoms with Crippen molar-refractivity contribution in [3.05, 3.63) is 70.2 Å². The van der Waals surface area contributed by atoms with E-state index in [0.29, 0.717) is 0 Å². The van der Waals surface area contributed by atoms with Crippen LogP contribution in [0.2, 0.25) is 0 Å². The van der Waals surface area contributed by atoms with Crippen LogP contribution in [-0.4, -0.2) is 5.04 Å². The molecule has 0 aromatic heterocycles. The number of halogens is 1. The zero-order valence-corrected chi connectivity index (χ0v) is 13.5. The summed E-state index contributed by atoms with van der Waals surface area (Å²) in [6, 6.07) is 18.8. The summed E-state index contributed by atoms with van der Waals surface area (Å²) in [6.45, 7) is 2.17. The van der Waals surface area contributed by atoms with E-state index in [1.54, 1.807) is 11.8 Å². The van der Waals surface area contributed by atoms with E-state index in [1.807, 2.05) is 6.07 Å². The van der Waals surface area contributed by atoms with Crippen LogP contribution in [0.3, 0.4) is 0 Å². The summed E-state index contributed by atoms with van der Waals surface area (Å²) < 4.78 is 1.10. The minimum absolute atomic E-state index is 0.176. The predicted molar refractivity (Wildman–Crippen MR) is 89.8 cm³/mol. The number of hydrogen-bond acceptors (Lipinski definition) is 3. The van der Waals surface area contributed by atoms with Crippen molar-refractivity contribution < 1.29 is 0 Å². The summed E-state index contributed by atoms with van der Waals surface area (Å²) >= 11 is 5.26. The maximum Gasteiger partial charge on any atom is 0.128 e. The van der Waals surface area contributed by atoms with Crippen LogP contribution < -0.4 is 5.43 Å². The van der Waals surface area contributed by atoms with E-state index in [4.69, 9.17) is 0 Å². The Morgan fingerprint density at radius 3 is 2.50 bits per heavy atom. The second kappa shape index (κ2) is 5.62. The van der Waals surface area contributed by atoms with Crippen LogP contribution in [0.5, 0.6) is 0 Å². The molecule has 2 aromatic carbocycles. The summed E-state index contributed by atoms with van der Waals surface area (Å²) in [5.41, 5.74) is 5.80. The van der Waals surface area contributed by atoms with Crippen LogP contribution in [0.4, 0.5) is 0 Å². The average Bonchev–Trinajstić information content (AvgIpc) is 2.83. The van der Waals surface area contributed by atoms with Crippen molar-refractivity contribution in [1.82, 2.24) is 5.43 Å². The Bertz CT molecular complexity index is 625. The second-order valence-corrected chi connectivity index (χ2v) is 7.33. The van der Waals surface area contributed by atoms with Crippen LogP contribution in [-0.2, 0) is 11.3 Å². The third kappa shape index (κ3) is 2.91. The first-order chi connectivity index (χ1) is 9.66. The number of thioether (sulfide) groups is 1. The third-order valence-electron chi connectivity index (χ3n) is 3.31. The van der Waals surface area contributed by atoms with Gasteiger partial charge in [0.1, 0.15) is 9.91 Å².